The maximum Gasteiger partial charge on any atom is 0.242 e. The van der Waals surface area contributed by atoms with Crippen LogP contribution in [0.3, 0.4) is 0 Å². The van der Waals surface area contributed by atoms with Crippen LogP contribution in [0.5, 0.6) is 0 Å². The van der Waals surface area contributed by atoms with E-state index in [4.69, 9.17) is 11.6 Å². The molecule has 0 aromatic heterocycles. The van der Waals surface area contributed by atoms with Gasteiger partial charge in [-0.1, -0.05) is 35.9 Å². The van der Waals surface area contributed by atoms with Crippen LogP contribution in [0.15, 0.2) is 48.5 Å². The summed E-state index contributed by atoms with van der Waals surface area (Å²) in [7, 11) is 0. The molecule has 1 amide bonds. The van der Waals surface area contributed by atoms with Crippen molar-refractivity contribution in [1.82, 2.24) is 10.9 Å². The standard InChI is InChI=1S/C17H18ClN3O/c1-11-4-2-7-14(8-11)19-17(22)16-10-15(20-21-16)12-5-3-6-13(18)9-12/h2-9,15-16,20-21H,10H2,1H3,(H,19,22). The van der Waals surface area contributed by atoms with Crippen molar-refractivity contribution in [3.05, 3.63) is 64.7 Å². The number of hydrogen-bond acceptors (Lipinski definition) is 3. The van der Waals surface area contributed by atoms with Crippen LogP contribution in [-0.2, 0) is 4.79 Å². The normalized spacial score (nSPS) is 20.8. The summed E-state index contributed by atoms with van der Waals surface area (Å²) in [5, 5.41) is 3.64. The first-order chi connectivity index (χ1) is 10.6. The quantitative estimate of drug-likeness (QED) is 0.815. The van der Waals surface area contributed by atoms with Crippen LogP contribution in [-0.4, -0.2) is 11.9 Å². The van der Waals surface area contributed by atoms with E-state index >= 15 is 0 Å². The Bertz CT molecular complexity index is 689. The average Bonchev–Trinajstić information content (AvgIpc) is 2.97. The van der Waals surface area contributed by atoms with Gasteiger partial charge in [-0.3, -0.25) is 4.79 Å². The van der Waals surface area contributed by atoms with E-state index in [1.807, 2.05) is 55.5 Å². The third-order valence-electron chi connectivity index (χ3n) is 3.76. The Morgan fingerprint density at radius 3 is 2.77 bits per heavy atom. The lowest BCUT2D eigenvalue weighted by molar-refractivity contribution is -0.117. The van der Waals surface area contributed by atoms with Gasteiger partial charge >= 0.3 is 0 Å². The van der Waals surface area contributed by atoms with Crippen molar-refractivity contribution >= 4 is 23.2 Å². The number of carbonyl (C=O) groups excluding carboxylic acids is 1. The Balaban J connectivity index is 1.63. The molecule has 3 N–H and O–H groups in total. The second-order valence-corrected chi connectivity index (χ2v) is 5.98. The number of amides is 1. The highest BCUT2D eigenvalue weighted by molar-refractivity contribution is 6.30. The molecule has 4 nitrogen and oxygen atoms in total. The number of hydrogen-bond donors (Lipinski definition) is 3. The molecule has 1 fully saturated rings. The summed E-state index contributed by atoms with van der Waals surface area (Å²) >= 11 is 6.02. The van der Waals surface area contributed by atoms with E-state index in [9.17, 15) is 4.79 Å². The van der Waals surface area contributed by atoms with Crippen molar-refractivity contribution in [1.29, 1.82) is 0 Å². The number of anilines is 1. The molecule has 1 heterocycles. The van der Waals surface area contributed by atoms with Crippen LogP contribution >= 0.6 is 11.6 Å². The average molecular weight is 316 g/mol. The monoisotopic (exact) mass is 315 g/mol. The van der Waals surface area contributed by atoms with E-state index in [0.29, 0.717) is 11.4 Å². The molecule has 0 bridgehead atoms. The summed E-state index contributed by atoms with van der Waals surface area (Å²) in [6.45, 7) is 2.00. The topological polar surface area (TPSA) is 53.2 Å². The first kappa shape index (κ1) is 15.0. The fourth-order valence-electron chi connectivity index (χ4n) is 2.62. The largest absolute Gasteiger partial charge is 0.325 e. The zero-order valence-corrected chi connectivity index (χ0v) is 13.0. The number of rotatable bonds is 3. The Kier molecular flexibility index (Phi) is 4.43. The van der Waals surface area contributed by atoms with Gasteiger partial charge in [-0.25, -0.2) is 10.9 Å². The molecule has 2 unspecified atom stereocenters. The summed E-state index contributed by atoms with van der Waals surface area (Å²) in [5.41, 5.74) is 9.22. The summed E-state index contributed by atoms with van der Waals surface area (Å²) in [4.78, 5) is 12.3. The van der Waals surface area contributed by atoms with Crippen molar-refractivity contribution in [2.45, 2.75) is 25.4 Å². The molecule has 0 radical (unpaired) electrons. The first-order valence-corrected chi connectivity index (χ1v) is 7.64. The lowest BCUT2D eigenvalue weighted by atomic mass is 10.0. The van der Waals surface area contributed by atoms with Gasteiger partial charge in [-0.15, -0.1) is 0 Å². The summed E-state index contributed by atoms with van der Waals surface area (Å²) in [6.07, 6.45) is 0.679. The van der Waals surface area contributed by atoms with E-state index in [2.05, 4.69) is 16.2 Å². The number of benzene rings is 2. The predicted molar refractivity (Wildman–Crippen MR) is 88.7 cm³/mol. The van der Waals surface area contributed by atoms with Crippen LogP contribution in [0.25, 0.3) is 0 Å². The molecule has 3 rings (SSSR count). The Morgan fingerprint density at radius 2 is 2.00 bits per heavy atom. The van der Waals surface area contributed by atoms with E-state index in [1.54, 1.807) is 0 Å². The predicted octanol–water partition coefficient (Wildman–Crippen LogP) is 3.19. The third-order valence-corrected chi connectivity index (χ3v) is 3.99. The van der Waals surface area contributed by atoms with Crippen LogP contribution < -0.4 is 16.2 Å². The van der Waals surface area contributed by atoms with Crippen LogP contribution in [0.1, 0.15) is 23.6 Å². The number of carbonyl (C=O) groups is 1. The number of halogens is 1. The minimum Gasteiger partial charge on any atom is -0.325 e. The number of hydrazine groups is 1. The maximum atomic E-state index is 12.3. The van der Waals surface area contributed by atoms with Gasteiger partial charge in [0.25, 0.3) is 0 Å². The van der Waals surface area contributed by atoms with Crippen molar-refractivity contribution in [3.63, 3.8) is 0 Å². The molecule has 2 aromatic rings. The van der Waals surface area contributed by atoms with Gasteiger partial charge in [0.15, 0.2) is 0 Å². The van der Waals surface area contributed by atoms with E-state index in [0.717, 1.165) is 16.8 Å². The Labute approximate surface area is 134 Å². The lowest BCUT2D eigenvalue weighted by Crippen LogP contribution is -2.39. The zero-order chi connectivity index (χ0) is 15.5. The molecule has 1 aliphatic heterocycles. The Hall–Kier alpha value is -1.88. The highest BCUT2D eigenvalue weighted by atomic mass is 35.5. The summed E-state index contributed by atoms with van der Waals surface area (Å²) in [6, 6.07) is 15.3. The van der Waals surface area contributed by atoms with Crippen molar-refractivity contribution in [2.75, 3.05) is 5.32 Å². The second-order valence-electron chi connectivity index (χ2n) is 5.54. The lowest BCUT2D eigenvalue weighted by Gasteiger charge is -2.11. The SMILES string of the molecule is Cc1cccc(NC(=O)C2CC(c3cccc(Cl)c3)NN2)c1. The molecule has 5 heteroatoms. The minimum atomic E-state index is -0.274. The summed E-state index contributed by atoms with van der Waals surface area (Å²) < 4.78 is 0. The van der Waals surface area contributed by atoms with E-state index in [1.165, 1.54) is 0 Å². The summed E-state index contributed by atoms with van der Waals surface area (Å²) in [5.74, 6) is -0.0392. The smallest absolute Gasteiger partial charge is 0.242 e. The molecular formula is C17H18ClN3O. The van der Waals surface area contributed by atoms with Crippen molar-refractivity contribution in [3.8, 4) is 0 Å². The van der Waals surface area contributed by atoms with Crippen molar-refractivity contribution < 1.29 is 4.79 Å². The van der Waals surface area contributed by atoms with Crippen LogP contribution in [0.2, 0.25) is 5.02 Å². The molecule has 2 atom stereocenters. The minimum absolute atomic E-state index is 0.0392. The number of aryl methyl sites for hydroxylation is 1. The molecular weight excluding hydrogens is 298 g/mol. The first-order valence-electron chi connectivity index (χ1n) is 7.26. The molecule has 1 saturated heterocycles. The fourth-order valence-corrected chi connectivity index (χ4v) is 2.82. The van der Waals surface area contributed by atoms with Gasteiger partial charge < -0.3 is 5.32 Å². The van der Waals surface area contributed by atoms with Gasteiger partial charge in [0.1, 0.15) is 6.04 Å². The van der Waals surface area contributed by atoms with Crippen LogP contribution in [0, 0.1) is 6.92 Å². The van der Waals surface area contributed by atoms with Crippen LogP contribution in [0.4, 0.5) is 5.69 Å². The fraction of sp³-hybridized carbons (Fsp3) is 0.235. The molecule has 1 aliphatic rings. The van der Waals surface area contributed by atoms with Gasteiger partial charge in [-0.05, 0) is 48.7 Å². The second kappa shape index (κ2) is 6.48. The highest BCUT2D eigenvalue weighted by Crippen LogP contribution is 2.25. The van der Waals surface area contributed by atoms with Gasteiger partial charge in [0, 0.05) is 16.8 Å². The van der Waals surface area contributed by atoms with E-state index < -0.39 is 0 Å². The molecule has 0 aliphatic carbocycles. The molecule has 2 aromatic carbocycles. The molecule has 22 heavy (non-hydrogen) atoms. The maximum absolute atomic E-state index is 12.3. The van der Waals surface area contributed by atoms with Gasteiger partial charge in [-0.2, -0.15) is 0 Å². The van der Waals surface area contributed by atoms with E-state index in [-0.39, 0.29) is 18.0 Å². The zero-order valence-electron chi connectivity index (χ0n) is 12.3. The van der Waals surface area contributed by atoms with Gasteiger partial charge in [0.05, 0.1) is 0 Å². The van der Waals surface area contributed by atoms with Gasteiger partial charge in [0.2, 0.25) is 5.91 Å². The molecule has 114 valence electrons. The van der Waals surface area contributed by atoms with Crippen molar-refractivity contribution in [2.24, 2.45) is 0 Å². The third kappa shape index (κ3) is 3.47. The molecule has 0 saturated carbocycles. The number of nitrogens with one attached hydrogen (secondary N) is 3. The Morgan fingerprint density at radius 1 is 1.18 bits per heavy atom. The highest BCUT2D eigenvalue weighted by Gasteiger charge is 2.30. The molecule has 0 spiro atoms.